The molecule has 150 valence electrons. The monoisotopic (exact) mass is 447 g/mol. The fourth-order valence-corrected chi connectivity index (χ4v) is 5.81. The Hall–Kier alpha value is -2.05. The Morgan fingerprint density at radius 2 is 1.69 bits per heavy atom. The number of rotatable bonds is 3. The molecule has 1 aliphatic heterocycles. The smallest absolute Gasteiger partial charge is 0.247 e. The molecule has 0 aromatic heterocycles. The summed E-state index contributed by atoms with van der Waals surface area (Å²) in [6.07, 6.45) is -0.522. The maximum atomic E-state index is 13.6. The Morgan fingerprint density at radius 3 is 2.41 bits per heavy atom. The van der Waals surface area contributed by atoms with Crippen LogP contribution in [0.3, 0.4) is 0 Å². The van der Waals surface area contributed by atoms with E-state index in [9.17, 15) is 8.42 Å². The second kappa shape index (κ2) is 8.00. The van der Waals surface area contributed by atoms with Crippen LogP contribution in [0.2, 0.25) is 10.0 Å². The lowest BCUT2D eigenvalue weighted by Gasteiger charge is -2.31. The molecule has 0 spiro atoms. The summed E-state index contributed by atoms with van der Waals surface area (Å²) in [6.45, 7) is 2.02. The van der Waals surface area contributed by atoms with Crippen molar-refractivity contribution in [3.8, 4) is 5.75 Å². The van der Waals surface area contributed by atoms with Gasteiger partial charge in [-0.25, -0.2) is 8.42 Å². The maximum Gasteiger partial charge on any atom is 0.247 e. The Labute approximate surface area is 180 Å². The van der Waals surface area contributed by atoms with E-state index in [1.807, 2.05) is 49.4 Å². The predicted octanol–water partition coefficient (Wildman–Crippen LogP) is 5.71. The van der Waals surface area contributed by atoms with E-state index in [1.165, 1.54) is 10.4 Å². The minimum atomic E-state index is -3.86. The lowest BCUT2D eigenvalue weighted by atomic mass is 10.0. The summed E-state index contributed by atoms with van der Waals surface area (Å²) in [4.78, 5) is 0.0670. The van der Waals surface area contributed by atoms with Crippen molar-refractivity contribution in [2.24, 2.45) is 0 Å². The van der Waals surface area contributed by atoms with Gasteiger partial charge in [0.1, 0.15) is 11.0 Å². The summed E-state index contributed by atoms with van der Waals surface area (Å²) in [5, 5.41) is 0.825. The first-order valence-corrected chi connectivity index (χ1v) is 11.3. The molecule has 1 heterocycles. The molecule has 0 fully saturated rings. The van der Waals surface area contributed by atoms with E-state index in [-0.39, 0.29) is 22.2 Å². The number of nitrogens with zero attached hydrogens (tertiary/aromatic N) is 1. The average Bonchev–Trinajstić information content (AvgIpc) is 2.78. The highest BCUT2D eigenvalue weighted by molar-refractivity contribution is 7.89. The molecule has 0 radical (unpaired) electrons. The van der Waals surface area contributed by atoms with Gasteiger partial charge in [-0.15, -0.1) is 0 Å². The van der Waals surface area contributed by atoms with E-state index in [0.29, 0.717) is 5.02 Å². The van der Waals surface area contributed by atoms with E-state index in [1.54, 1.807) is 24.3 Å². The van der Waals surface area contributed by atoms with Crippen molar-refractivity contribution in [2.45, 2.75) is 30.5 Å². The highest BCUT2D eigenvalue weighted by Gasteiger charge is 2.41. The molecule has 29 heavy (non-hydrogen) atoms. The number of hydrogen-bond acceptors (Lipinski definition) is 3. The molecule has 0 saturated carbocycles. The number of benzene rings is 3. The summed E-state index contributed by atoms with van der Waals surface area (Å²) in [5.41, 5.74) is 1.67. The van der Waals surface area contributed by atoms with Crippen LogP contribution in [0.15, 0.2) is 77.7 Å². The number of ether oxygens (including phenoxy) is 1. The summed E-state index contributed by atoms with van der Waals surface area (Å²) in [7, 11) is -3.86. The van der Waals surface area contributed by atoms with Crippen molar-refractivity contribution in [2.75, 3.05) is 0 Å². The molecule has 0 saturated heterocycles. The molecule has 0 unspecified atom stereocenters. The topological polar surface area (TPSA) is 46.6 Å². The molecule has 2 atom stereocenters. The standard InChI is InChI=1S/C22H19Cl2NO3S/c1-15-21(17-8-3-2-4-9-17)28-22-19(24)11-6-12-20(22)29(26,27)25(15)14-16-7-5-10-18(23)13-16/h2-13,15,21H,14H2,1H3/t15-,21-/m0/s1. The minimum absolute atomic E-state index is 0.0670. The van der Waals surface area contributed by atoms with Crippen LogP contribution in [0.5, 0.6) is 5.75 Å². The van der Waals surface area contributed by atoms with Crippen molar-refractivity contribution in [1.82, 2.24) is 4.31 Å². The third-order valence-electron chi connectivity index (χ3n) is 5.01. The van der Waals surface area contributed by atoms with Crippen molar-refractivity contribution >= 4 is 33.2 Å². The van der Waals surface area contributed by atoms with Crippen LogP contribution in [0.1, 0.15) is 24.2 Å². The van der Waals surface area contributed by atoms with Gasteiger partial charge < -0.3 is 4.74 Å². The Balaban J connectivity index is 1.88. The SMILES string of the molecule is C[C@H]1[C@@H](c2ccccc2)Oc2c(Cl)cccc2S(=O)(=O)N1Cc1cccc(Cl)c1. The van der Waals surface area contributed by atoms with Crippen LogP contribution in [0, 0.1) is 0 Å². The van der Waals surface area contributed by atoms with Gasteiger partial charge in [-0.3, -0.25) is 0 Å². The largest absolute Gasteiger partial charge is 0.481 e. The molecule has 0 aliphatic carbocycles. The molecular weight excluding hydrogens is 429 g/mol. The van der Waals surface area contributed by atoms with Crippen LogP contribution in [-0.4, -0.2) is 18.8 Å². The van der Waals surface area contributed by atoms with Crippen LogP contribution in [0.4, 0.5) is 0 Å². The third-order valence-corrected chi connectivity index (χ3v) is 7.50. The van der Waals surface area contributed by atoms with Crippen molar-refractivity contribution in [1.29, 1.82) is 0 Å². The van der Waals surface area contributed by atoms with E-state index in [2.05, 4.69) is 0 Å². The molecule has 7 heteroatoms. The first-order valence-electron chi connectivity index (χ1n) is 9.14. The van der Waals surface area contributed by atoms with Gasteiger partial charge in [-0.2, -0.15) is 4.31 Å². The van der Waals surface area contributed by atoms with Crippen LogP contribution < -0.4 is 4.74 Å². The molecule has 1 aliphatic rings. The summed E-state index contributed by atoms with van der Waals surface area (Å²) >= 11 is 12.5. The average molecular weight is 448 g/mol. The lowest BCUT2D eigenvalue weighted by Crippen LogP contribution is -2.41. The van der Waals surface area contributed by atoms with Gasteiger partial charge in [0.15, 0.2) is 5.75 Å². The summed E-state index contributed by atoms with van der Waals surface area (Å²) in [6, 6.07) is 21.1. The van der Waals surface area contributed by atoms with E-state index in [0.717, 1.165) is 11.1 Å². The van der Waals surface area contributed by atoms with Crippen molar-refractivity contribution in [3.05, 3.63) is 94.0 Å². The second-order valence-corrected chi connectivity index (χ2v) is 9.64. The number of fused-ring (bicyclic) bond motifs is 1. The zero-order valence-corrected chi connectivity index (χ0v) is 18.0. The fraction of sp³-hybridized carbons (Fsp3) is 0.182. The van der Waals surface area contributed by atoms with Gasteiger partial charge in [-0.1, -0.05) is 71.7 Å². The van der Waals surface area contributed by atoms with Gasteiger partial charge in [0.2, 0.25) is 10.0 Å². The van der Waals surface area contributed by atoms with Gasteiger partial charge in [0, 0.05) is 11.6 Å². The minimum Gasteiger partial charge on any atom is -0.481 e. The summed E-state index contributed by atoms with van der Waals surface area (Å²) < 4.78 is 34.9. The van der Waals surface area contributed by atoms with Gasteiger partial charge in [-0.05, 0) is 42.3 Å². The van der Waals surface area contributed by atoms with Gasteiger partial charge in [0.05, 0.1) is 11.1 Å². The molecule has 0 bridgehead atoms. The molecule has 3 aromatic carbocycles. The molecule has 4 nitrogen and oxygen atoms in total. The Morgan fingerprint density at radius 1 is 0.966 bits per heavy atom. The highest BCUT2D eigenvalue weighted by atomic mass is 35.5. The number of hydrogen-bond donors (Lipinski definition) is 0. The predicted molar refractivity (Wildman–Crippen MR) is 115 cm³/mol. The number of halogens is 2. The molecule has 3 aromatic rings. The molecule has 0 N–H and O–H groups in total. The van der Waals surface area contributed by atoms with E-state index < -0.39 is 22.2 Å². The number of para-hydroxylation sites is 1. The zero-order valence-electron chi connectivity index (χ0n) is 15.6. The second-order valence-electron chi connectivity index (χ2n) is 6.94. The Kier molecular flexibility index (Phi) is 5.58. The van der Waals surface area contributed by atoms with Crippen LogP contribution in [0.25, 0.3) is 0 Å². The third kappa shape index (κ3) is 3.88. The van der Waals surface area contributed by atoms with E-state index in [4.69, 9.17) is 27.9 Å². The maximum absolute atomic E-state index is 13.6. The molecule has 0 amide bonds. The van der Waals surface area contributed by atoms with E-state index >= 15 is 0 Å². The van der Waals surface area contributed by atoms with Gasteiger partial charge >= 0.3 is 0 Å². The molecule has 4 rings (SSSR count). The number of sulfonamides is 1. The fourth-order valence-electron chi connectivity index (χ4n) is 3.56. The lowest BCUT2D eigenvalue weighted by molar-refractivity contribution is 0.124. The first kappa shape index (κ1) is 20.2. The first-order chi connectivity index (χ1) is 13.9. The Bertz CT molecular complexity index is 1140. The van der Waals surface area contributed by atoms with Crippen LogP contribution >= 0.6 is 23.2 Å². The molecular formula is C22H19Cl2NO3S. The van der Waals surface area contributed by atoms with Gasteiger partial charge in [0.25, 0.3) is 0 Å². The zero-order chi connectivity index (χ0) is 20.6. The summed E-state index contributed by atoms with van der Waals surface area (Å²) in [5.74, 6) is 0.184. The van der Waals surface area contributed by atoms with Crippen molar-refractivity contribution in [3.63, 3.8) is 0 Å². The normalized spacial score (nSPS) is 21.1. The quantitative estimate of drug-likeness (QED) is 0.516. The van der Waals surface area contributed by atoms with Crippen molar-refractivity contribution < 1.29 is 13.2 Å². The van der Waals surface area contributed by atoms with Crippen LogP contribution in [-0.2, 0) is 16.6 Å². The highest BCUT2D eigenvalue weighted by Crippen LogP contribution is 2.43.